The number of ether oxygens (including phenoxy) is 4. The van der Waals surface area contributed by atoms with E-state index in [9.17, 15) is 19.7 Å². The molecule has 0 aliphatic rings. The van der Waals surface area contributed by atoms with Crippen molar-refractivity contribution in [1.82, 2.24) is 4.98 Å². The van der Waals surface area contributed by atoms with Gasteiger partial charge in [-0.15, -0.1) is 22.7 Å². The van der Waals surface area contributed by atoms with Gasteiger partial charge in [0, 0.05) is 11.8 Å². The van der Waals surface area contributed by atoms with Crippen LogP contribution in [0.1, 0.15) is 54.8 Å². The monoisotopic (exact) mass is 786 g/mol. The van der Waals surface area contributed by atoms with Crippen molar-refractivity contribution in [3.05, 3.63) is 169 Å². The lowest BCUT2D eigenvalue weighted by atomic mass is 10.1. The minimum absolute atomic E-state index is 0.114. The number of carbonyl (C=O) groups excluding carboxylic acids is 2. The van der Waals surface area contributed by atoms with E-state index in [0.717, 1.165) is 61.0 Å². The van der Waals surface area contributed by atoms with E-state index in [1.807, 2.05) is 122 Å². The fourth-order valence-electron chi connectivity index (χ4n) is 5.40. The molecule has 56 heavy (non-hydrogen) atoms. The minimum atomic E-state index is -0.555. The Morgan fingerprint density at radius 2 is 1.21 bits per heavy atom. The number of H-pyrrole nitrogens is 1. The molecule has 12 heteroatoms. The highest BCUT2D eigenvalue weighted by atomic mass is 32.1. The van der Waals surface area contributed by atoms with Crippen molar-refractivity contribution in [3.63, 3.8) is 0 Å². The molecule has 0 fully saturated rings. The molecule has 0 unspecified atom stereocenters. The minimum Gasteiger partial charge on any atom is -0.489 e. The number of fused-ring (bicyclic) bond motifs is 1. The van der Waals surface area contributed by atoms with Gasteiger partial charge >= 0.3 is 11.9 Å². The van der Waals surface area contributed by atoms with E-state index in [1.54, 1.807) is 19.1 Å². The molecule has 0 amide bonds. The van der Waals surface area contributed by atoms with Crippen LogP contribution in [-0.2, 0) is 22.7 Å². The molecule has 3 heterocycles. The zero-order chi connectivity index (χ0) is 39.3. The molecule has 0 aliphatic heterocycles. The largest absolute Gasteiger partial charge is 0.489 e. The number of carbonyl (C=O) groups is 2. The Labute approximate surface area is 331 Å². The Balaban J connectivity index is 0.000000190. The average molecular weight is 787 g/mol. The second kappa shape index (κ2) is 19.2. The first-order chi connectivity index (χ1) is 27.3. The van der Waals surface area contributed by atoms with Crippen molar-refractivity contribution in [2.75, 3.05) is 13.2 Å². The van der Waals surface area contributed by atoms with Crippen LogP contribution in [0.15, 0.2) is 127 Å². The lowest BCUT2D eigenvalue weighted by molar-refractivity contribution is -0.384. The number of thiophene rings is 2. The Morgan fingerprint density at radius 1 is 0.679 bits per heavy atom. The second-order valence-electron chi connectivity index (χ2n) is 12.1. The highest BCUT2D eigenvalue weighted by Gasteiger charge is 2.21. The Morgan fingerprint density at radius 3 is 1.73 bits per heavy atom. The van der Waals surface area contributed by atoms with Crippen molar-refractivity contribution in [2.24, 2.45) is 0 Å². The first kappa shape index (κ1) is 39.2. The zero-order valence-corrected chi connectivity index (χ0v) is 32.3. The van der Waals surface area contributed by atoms with Crippen LogP contribution >= 0.6 is 22.7 Å². The van der Waals surface area contributed by atoms with Crippen LogP contribution < -0.4 is 9.47 Å². The van der Waals surface area contributed by atoms with Crippen LogP contribution in [0.5, 0.6) is 11.5 Å². The molecular weight excluding hydrogens is 749 g/mol. The summed E-state index contributed by atoms with van der Waals surface area (Å²) in [5.74, 6) is 0.743. The van der Waals surface area contributed by atoms with Crippen molar-refractivity contribution >= 4 is 62.7 Å². The number of hydrogen-bond acceptors (Lipinski definition) is 10. The van der Waals surface area contributed by atoms with Gasteiger partial charge in [0.15, 0.2) is 0 Å². The first-order valence-corrected chi connectivity index (χ1v) is 19.4. The molecule has 0 bridgehead atoms. The van der Waals surface area contributed by atoms with E-state index in [2.05, 4.69) is 11.1 Å². The summed E-state index contributed by atoms with van der Waals surface area (Å²) < 4.78 is 22.6. The Kier molecular flexibility index (Phi) is 13.4. The number of rotatable bonds is 14. The van der Waals surface area contributed by atoms with Gasteiger partial charge < -0.3 is 23.9 Å². The second-order valence-corrected chi connectivity index (χ2v) is 14.3. The highest BCUT2D eigenvalue weighted by molar-refractivity contribution is 7.20. The fraction of sp³-hybridized carbons (Fsp3) is 0.136. The van der Waals surface area contributed by atoms with Gasteiger partial charge in [0.05, 0.1) is 28.4 Å². The summed E-state index contributed by atoms with van der Waals surface area (Å²) in [6, 6.07) is 40.5. The van der Waals surface area contributed by atoms with Crippen LogP contribution in [0, 0.1) is 10.1 Å². The molecule has 0 atom stereocenters. The number of aromatic amines is 1. The van der Waals surface area contributed by atoms with E-state index >= 15 is 0 Å². The lowest BCUT2D eigenvalue weighted by Gasteiger charge is -2.07. The molecular formula is C44H38N2O8S2. The molecule has 0 saturated heterocycles. The topological polar surface area (TPSA) is 130 Å². The van der Waals surface area contributed by atoms with E-state index in [4.69, 9.17) is 18.9 Å². The molecule has 7 aromatic rings. The Hall–Kier alpha value is -6.50. The van der Waals surface area contributed by atoms with Gasteiger partial charge in [-0.1, -0.05) is 78.9 Å². The summed E-state index contributed by atoms with van der Waals surface area (Å²) in [6.07, 6.45) is 3.39. The molecule has 3 aromatic heterocycles. The molecule has 10 nitrogen and oxygen atoms in total. The Bertz CT molecular complexity index is 2370. The maximum absolute atomic E-state index is 11.8. The third-order valence-corrected chi connectivity index (χ3v) is 10.3. The first-order valence-electron chi connectivity index (χ1n) is 17.8. The van der Waals surface area contributed by atoms with E-state index in [-0.39, 0.29) is 23.1 Å². The SMILES string of the molecule is CCOC(=O)c1cc([N+](=O)[O-])c(/C=C/c2ccc(OCc3ccccc3)cc2)s1.CCOC(=O)c1cc2[nH]c(-c3ccc(OCc4ccccc4)cc3)cc2s1. The molecule has 0 spiro atoms. The quantitative estimate of drug-likeness (QED) is 0.0655. The van der Waals surface area contributed by atoms with Crippen LogP contribution in [0.25, 0.3) is 33.6 Å². The van der Waals surface area contributed by atoms with E-state index < -0.39 is 10.9 Å². The van der Waals surface area contributed by atoms with Gasteiger partial charge in [-0.05, 0) is 90.7 Å². The zero-order valence-electron chi connectivity index (χ0n) is 30.6. The summed E-state index contributed by atoms with van der Waals surface area (Å²) in [7, 11) is 0. The summed E-state index contributed by atoms with van der Waals surface area (Å²) in [4.78, 5) is 39.0. The predicted molar refractivity (Wildman–Crippen MR) is 221 cm³/mol. The predicted octanol–water partition coefficient (Wildman–Crippen LogP) is 11.2. The van der Waals surface area contributed by atoms with Gasteiger partial charge in [-0.2, -0.15) is 0 Å². The van der Waals surface area contributed by atoms with Crippen LogP contribution in [0.3, 0.4) is 0 Å². The van der Waals surface area contributed by atoms with Gasteiger partial charge in [-0.25, -0.2) is 9.59 Å². The summed E-state index contributed by atoms with van der Waals surface area (Å²) in [6.45, 7) is 5.13. The number of nitro groups is 1. The maximum Gasteiger partial charge on any atom is 0.348 e. The average Bonchev–Trinajstić information content (AvgIpc) is 3.95. The van der Waals surface area contributed by atoms with Crippen molar-refractivity contribution < 1.29 is 33.5 Å². The maximum atomic E-state index is 11.8. The molecule has 0 radical (unpaired) electrons. The number of benzene rings is 4. The number of nitrogens with one attached hydrogen (secondary N) is 1. The van der Waals surface area contributed by atoms with Crippen molar-refractivity contribution in [1.29, 1.82) is 0 Å². The number of aromatic nitrogens is 1. The van der Waals surface area contributed by atoms with Gasteiger partial charge in [-0.3, -0.25) is 10.1 Å². The van der Waals surface area contributed by atoms with Crippen LogP contribution in [0.2, 0.25) is 0 Å². The lowest BCUT2D eigenvalue weighted by Crippen LogP contribution is -2.01. The number of nitrogens with zero attached hydrogens (tertiary/aromatic N) is 1. The third-order valence-electron chi connectivity index (χ3n) is 8.16. The molecule has 0 saturated carbocycles. The molecule has 284 valence electrons. The van der Waals surface area contributed by atoms with Crippen molar-refractivity contribution in [3.8, 4) is 22.8 Å². The molecule has 0 aliphatic carbocycles. The highest BCUT2D eigenvalue weighted by Crippen LogP contribution is 2.33. The van der Waals surface area contributed by atoms with E-state index in [1.165, 1.54) is 17.4 Å². The fourth-order valence-corrected chi connectivity index (χ4v) is 7.28. The molecule has 1 N–H and O–H groups in total. The van der Waals surface area contributed by atoms with Crippen LogP contribution in [-0.4, -0.2) is 35.1 Å². The summed E-state index contributed by atoms with van der Waals surface area (Å²) in [5, 5.41) is 11.3. The normalized spacial score (nSPS) is 10.8. The molecule has 7 rings (SSSR count). The third kappa shape index (κ3) is 10.6. The molecule has 4 aromatic carbocycles. The van der Waals surface area contributed by atoms with Gasteiger partial charge in [0.25, 0.3) is 5.69 Å². The van der Waals surface area contributed by atoms with Gasteiger partial charge in [0.2, 0.25) is 0 Å². The summed E-state index contributed by atoms with van der Waals surface area (Å²) >= 11 is 2.48. The number of hydrogen-bond donors (Lipinski definition) is 1. The standard InChI is InChI=1S/C22H19NO5S.C22H19NO3S/c1-2-27-22(24)21-14-19(23(25)26)20(29-21)13-10-16-8-11-18(12-9-16)28-15-17-6-4-3-5-7-17;1-2-25-22(24)21-13-19-20(27-21)12-18(23-19)16-8-10-17(11-9-16)26-14-15-6-4-3-5-7-15/h3-14H,2,15H2,1H3;3-13,23H,2,14H2,1H3/b13-10+;. The van der Waals surface area contributed by atoms with Crippen molar-refractivity contribution in [2.45, 2.75) is 27.1 Å². The van der Waals surface area contributed by atoms with Gasteiger partial charge in [0.1, 0.15) is 39.3 Å². The smallest absolute Gasteiger partial charge is 0.348 e. The number of esters is 2. The van der Waals surface area contributed by atoms with Crippen LogP contribution in [0.4, 0.5) is 5.69 Å². The summed E-state index contributed by atoms with van der Waals surface area (Å²) in [5.41, 5.74) is 6.00. The van der Waals surface area contributed by atoms with E-state index in [0.29, 0.717) is 29.6 Å².